The van der Waals surface area contributed by atoms with Crippen LogP contribution in [-0.2, 0) is 33.2 Å². The first-order chi connectivity index (χ1) is 13.2. The van der Waals surface area contributed by atoms with Crippen LogP contribution >= 0.6 is 0 Å². The highest BCUT2D eigenvalue weighted by Gasteiger charge is 2.34. The third kappa shape index (κ3) is 4.28. The van der Waals surface area contributed by atoms with Crippen molar-refractivity contribution in [3.05, 3.63) is 46.9 Å². The number of esters is 1. The highest BCUT2D eigenvalue weighted by atomic mass is 32.2. The Morgan fingerprint density at radius 2 is 1.89 bits per heavy atom. The van der Waals surface area contributed by atoms with Crippen LogP contribution in [-0.4, -0.2) is 41.3 Å². The van der Waals surface area contributed by atoms with Crippen LogP contribution in [0.25, 0.3) is 0 Å². The Morgan fingerprint density at radius 1 is 1.21 bits per heavy atom. The summed E-state index contributed by atoms with van der Waals surface area (Å²) < 4.78 is 34.1. The number of aromatic nitrogens is 2. The molecule has 0 aliphatic carbocycles. The number of benzene rings is 1. The highest BCUT2D eigenvalue weighted by molar-refractivity contribution is 7.89. The second-order valence-corrected chi connectivity index (χ2v) is 9.34. The number of hydrogen-bond acceptors (Lipinski definition) is 5. The summed E-state index contributed by atoms with van der Waals surface area (Å²) in [6, 6.07) is 6.06. The monoisotopic (exact) mass is 405 g/mol. The van der Waals surface area contributed by atoms with Gasteiger partial charge in [-0.05, 0) is 44.7 Å². The van der Waals surface area contributed by atoms with Crippen LogP contribution in [0.2, 0.25) is 0 Å². The molecule has 0 N–H and O–H groups in total. The van der Waals surface area contributed by atoms with Crippen LogP contribution in [0.1, 0.15) is 35.4 Å². The topological polar surface area (TPSA) is 81.5 Å². The van der Waals surface area contributed by atoms with Gasteiger partial charge in [-0.25, -0.2) is 13.4 Å². The van der Waals surface area contributed by atoms with Gasteiger partial charge in [-0.15, -0.1) is 0 Å². The van der Waals surface area contributed by atoms with Crippen molar-refractivity contribution >= 4 is 16.0 Å². The van der Waals surface area contributed by atoms with Gasteiger partial charge >= 0.3 is 5.97 Å². The van der Waals surface area contributed by atoms with E-state index in [-0.39, 0.29) is 23.5 Å². The van der Waals surface area contributed by atoms with Crippen molar-refractivity contribution in [2.75, 3.05) is 13.1 Å². The molecule has 0 saturated carbocycles. The first-order valence-corrected chi connectivity index (χ1v) is 10.9. The average Bonchev–Trinajstić information content (AvgIpc) is 3.02. The molecule has 1 fully saturated rings. The molecule has 1 aliphatic heterocycles. The first kappa shape index (κ1) is 20.5. The molecule has 28 heavy (non-hydrogen) atoms. The third-order valence-electron chi connectivity index (χ3n) is 5.35. The van der Waals surface area contributed by atoms with Gasteiger partial charge in [0.15, 0.2) is 5.03 Å². The molecule has 0 spiro atoms. The van der Waals surface area contributed by atoms with Crippen LogP contribution in [0.3, 0.4) is 0 Å². The Kier molecular flexibility index (Phi) is 5.90. The highest BCUT2D eigenvalue weighted by Crippen LogP contribution is 2.25. The van der Waals surface area contributed by atoms with Crippen molar-refractivity contribution in [3.63, 3.8) is 0 Å². The number of rotatable bonds is 5. The minimum absolute atomic E-state index is 0.0587. The maximum atomic E-state index is 12.7. The molecular weight excluding hydrogens is 378 g/mol. The van der Waals surface area contributed by atoms with Gasteiger partial charge in [0, 0.05) is 26.3 Å². The quantitative estimate of drug-likeness (QED) is 0.714. The van der Waals surface area contributed by atoms with Crippen molar-refractivity contribution in [2.24, 2.45) is 13.0 Å². The fourth-order valence-electron chi connectivity index (χ4n) is 3.34. The van der Waals surface area contributed by atoms with E-state index in [2.05, 4.69) is 4.98 Å². The second-order valence-electron chi connectivity index (χ2n) is 7.45. The molecule has 152 valence electrons. The average molecular weight is 406 g/mol. The molecule has 0 bridgehead atoms. The summed E-state index contributed by atoms with van der Waals surface area (Å²) in [6.07, 6.45) is 2.43. The molecule has 1 aromatic carbocycles. The van der Waals surface area contributed by atoms with Gasteiger partial charge < -0.3 is 9.30 Å². The molecule has 2 heterocycles. The predicted octanol–water partition coefficient (Wildman–Crippen LogP) is 2.49. The Labute approximate surface area is 166 Å². The van der Waals surface area contributed by atoms with E-state index in [4.69, 9.17) is 4.74 Å². The molecular formula is C20H27N3O4S. The van der Waals surface area contributed by atoms with E-state index in [0.717, 1.165) is 16.7 Å². The molecule has 0 radical (unpaired) electrons. The van der Waals surface area contributed by atoms with Crippen LogP contribution < -0.4 is 0 Å². The van der Waals surface area contributed by atoms with E-state index < -0.39 is 10.0 Å². The van der Waals surface area contributed by atoms with Gasteiger partial charge in [-0.3, -0.25) is 4.79 Å². The summed E-state index contributed by atoms with van der Waals surface area (Å²) >= 11 is 0. The maximum absolute atomic E-state index is 12.7. The van der Waals surface area contributed by atoms with Crippen LogP contribution in [0.15, 0.2) is 29.4 Å². The van der Waals surface area contributed by atoms with Gasteiger partial charge in [0.2, 0.25) is 0 Å². The Morgan fingerprint density at radius 3 is 2.50 bits per heavy atom. The molecule has 0 atom stereocenters. The molecule has 3 rings (SSSR count). The zero-order valence-corrected chi connectivity index (χ0v) is 17.6. The zero-order valence-electron chi connectivity index (χ0n) is 16.8. The van der Waals surface area contributed by atoms with Crippen molar-refractivity contribution in [2.45, 2.75) is 45.2 Å². The number of sulfonamides is 1. The zero-order chi connectivity index (χ0) is 20.5. The van der Waals surface area contributed by atoms with Crippen molar-refractivity contribution < 1.29 is 17.9 Å². The number of aryl methyl sites for hydroxylation is 4. The van der Waals surface area contributed by atoms with Gasteiger partial charge in [0.25, 0.3) is 10.0 Å². The molecule has 7 nitrogen and oxygen atoms in total. The number of nitrogens with zero attached hydrogens (tertiary/aromatic N) is 3. The van der Waals surface area contributed by atoms with Crippen LogP contribution in [0.4, 0.5) is 0 Å². The number of imidazole rings is 1. The lowest BCUT2D eigenvalue weighted by Gasteiger charge is -2.29. The number of carbonyl (C=O) groups excluding carboxylic acids is 1. The fraction of sp³-hybridized carbons (Fsp3) is 0.500. The Balaban J connectivity index is 1.57. The normalized spacial score (nSPS) is 16.3. The SMILES string of the molecule is Cc1ccc(C)c(COC(=O)C2CCN(S(=O)(=O)c3cn(C)c(C)n3)CC2)c1. The van der Waals surface area contributed by atoms with E-state index in [1.807, 2.05) is 32.0 Å². The van der Waals surface area contributed by atoms with E-state index in [9.17, 15) is 13.2 Å². The fourth-order valence-corrected chi connectivity index (χ4v) is 4.83. The summed E-state index contributed by atoms with van der Waals surface area (Å²) in [5, 5.41) is 0.0587. The molecule has 2 aromatic rings. The van der Waals surface area contributed by atoms with Crippen molar-refractivity contribution in [1.82, 2.24) is 13.9 Å². The Hall–Kier alpha value is -2.19. The second kappa shape index (κ2) is 8.05. The van der Waals surface area contributed by atoms with Gasteiger partial charge in [0.05, 0.1) is 5.92 Å². The summed E-state index contributed by atoms with van der Waals surface area (Å²) in [5.41, 5.74) is 3.21. The number of hydrogen-bond donors (Lipinski definition) is 0. The predicted molar refractivity (Wildman–Crippen MR) is 105 cm³/mol. The first-order valence-electron chi connectivity index (χ1n) is 9.41. The minimum Gasteiger partial charge on any atom is -0.461 e. The summed E-state index contributed by atoms with van der Waals surface area (Å²) in [4.78, 5) is 16.6. The standard InChI is InChI=1S/C20H27N3O4S/c1-14-5-6-15(2)18(11-14)13-27-20(24)17-7-9-23(10-8-17)28(25,26)19-12-22(4)16(3)21-19/h5-6,11-12,17H,7-10,13H2,1-4H3. The van der Waals surface area contributed by atoms with Gasteiger partial charge in [-0.2, -0.15) is 4.31 Å². The van der Waals surface area contributed by atoms with Gasteiger partial charge in [-0.1, -0.05) is 23.8 Å². The molecule has 1 saturated heterocycles. The number of carbonyl (C=O) groups is 1. The largest absolute Gasteiger partial charge is 0.461 e. The lowest BCUT2D eigenvalue weighted by Crippen LogP contribution is -2.40. The summed E-state index contributed by atoms with van der Waals surface area (Å²) in [5.74, 6) is 0.108. The van der Waals surface area contributed by atoms with E-state index >= 15 is 0 Å². The Bertz CT molecular complexity index is 954. The summed E-state index contributed by atoms with van der Waals surface area (Å²) in [7, 11) is -1.87. The number of piperidine rings is 1. The lowest BCUT2D eigenvalue weighted by molar-refractivity contribution is -0.151. The summed E-state index contributed by atoms with van der Waals surface area (Å²) in [6.45, 7) is 6.59. The lowest BCUT2D eigenvalue weighted by atomic mass is 9.98. The van der Waals surface area contributed by atoms with Crippen LogP contribution in [0, 0.1) is 26.7 Å². The van der Waals surface area contributed by atoms with E-state index in [1.54, 1.807) is 18.5 Å². The van der Waals surface area contributed by atoms with Crippen molar-refractivity contribution in [3.8, 4) is 0 Å². The van der Waals surface area contributed by atoms with Crippen molar-refractivity contribution in [1.29, 1.82) is 0 Å². The molecule has 1 aromatic heterocycles. The maximum Gasteiger partial charge on any atom is 0.309 e. The van der Waals surface area contributed by atoms with Crippen LogP contribution in [0.5, 0.6) is 0 Å². The molecule has 0 unspecified atom stereocenters. The smallest absolute Gasteiger partial charge is 0.309 e. The molecule has 8 heteroatoms. The van der Waals surface area contributed by atoms with E-state index in [0.29, 0.717) is 31.8 Å². The van der Waals surface area contributed by atoms with E-state index in [1.165, 1.54) is 10.5 Å². The minimum atomic E-state index is -3.63. The van der Waals surface area contributed by atoms with Gasteiger partial charge in [0.1, 0.15) is 12.4 Å². The number of ether oxygens (including phenoxy) is 1. The molecule has 1 aliphatic rings. The third-order valence-corrected chi connectivity index (χ3v) is 7.12. The molecule has 0 amide bonds.